The molecule has 0 radical (unpaired) electrons. The summed E-state index contributed by atoms with van der Waals surface area (Å²) in [5, 5.41) is 3.43. The zero-order chi connectivity index (χ0) is 14.7. The molecular weight excluding hydrogens is 248 g/mol. The first kappa shape index (κ1) is 15.6. The minimum atomic E-state index is 0.491. The van der Waals surface area contributed by atoms with Crippen molar-refractivity contribution in [2.45, 2.75) is 72.6 Å². The molecule has 0 saturated heterocycles. The number of hydrogen-bond acceptors (Lipinski definition) is 3. The summed E-state index contributed by atoms with van der Waals surface area (Å²) in [6.45, 7) is 14.0. The van der Waals surface area contributed by atoms with Crippen LogP contribution in [0.4, 0.5) is 0 Å². The van der Waals surface area contributed by atoms with E-state index in [2.05, 4.69) is 50.9 Å². The van der Waals surface area contributed by atoms with E-state index in [-0.39, 0.29) is 0 Å². The zero-order valence-electron chi connectivity index (χ0n) is 13.7. The minimum Gasteiger partial charge on any atom is -0.463 e. The van der Waals surface area contributed by atoms with Gasteiger partial charge in [-0.3, -0.25) is 4.90 Å². The van der Waals surface area contributed by atoms with Gasteiger partial charge in [0.1, 0.15) is 11.5 Å². The Morgan fingerprint density at radius 3 is 2.55 bits per heavy atom. The van der Waals surface area contributed by atoms with Crippen molar-refractivity contribution >= 4 is 0 Å². The number of furan rings is 1. The highest BCUT2D eigenvalue weighted by atomic mass is 16.3. The zero-order valence-corrected chi connectivity index (χ0v) is 13.7. The Balaban J connectivity index is 1.95. The lowest BCUT2D eigenvalue weighted by atomic mass is 10.2. The van der Waals surface area contributed by atoms with Crippen molar-refractivity contribution in [1.29, 1.82) is 0 Å². The molecule has 3 heteroatoms. The molecule has 1 saturated carbocycles. The SMILES string of the molecule is Cc1cc(CN(CC2CC2)C(C)C)oc1CNC(C)C. The average molecular weight is 278 g/mol. The number of nitrogens with zero attached hydrogens (tertiary/aromatic N) is 1. The molecule has 1 aliphatic rings. The van der Waals surface area contributed by atoms with Gasteiger partial charge in [-0.15, -0.1) is 0 Å². The molecule has 1 aromatic rings. The van der Waals surface area contributed by atoms with E-state index in [1.54, 1.807) is 0 Å². The van der Waals surface area contributed by atoms with Gasteiger partial charge in [0.15, 0.2) is 0 Å². The summed E-state index contributed by atoms with van der Waals surface area (Å²) in [6.07, 6.45) is 2.81. The number of nitrogens with one attached hydrogen (secondary N) is 1. The molecule has 0 atom stereocenters. The van der Waals surface area contributed by atoms with E-state index in [0.717, 1.165) is 30.5 Å². The molecule has 0 bridgehead atoms. The van der Waals surface area contributed by atoms with E-state index in [0.29, 0.717) is 12.1 Å². The van der Waals surface area contributed by atoms with Crippen LogP contribution in [0.2, 0.25) is 0 Å². The van der Waals surface area contributed by atoms with Crippen LogP contribution >= 0.6 is 0 Å². The normalized spacial score (nSPS) is 15.8. The topological polar surface area (TPSA) is 28.4 Å². The van der Waals surface area contributed by atoms with E-state index in [9.17, 15) is 0 Å². The maximum atomic E-state index is 6.04. The molecule has 3 nitrogen and oxygen atoms in total. The maximum absolute atomic E-state index is 6.04. The van der Waals surface area contributed by atoms with Crippen LogP contribution in [0.15, 0.2) is 10.5 Å². The summed E-state index contributed by atoms with van der Waals surface area (Å²) in [5.41, 5.74) is 1.27. The fourth-order valence-electron chi connectivity index (χ4n) is 2.43. The monoisotopic (exact) mass is 278 g/mol. The van der Waals surface area contributed by atoms with Crippen LogP contribution in [-0.4, -0.2) is 23.5 Å². The molecule has 2 rings (SSSR count). The van der Waals surface area contributed by atoms with Crippen molar-refractivity contribution in [3.63, 3.8) is 0 Å². The molecule has 1 N–H and O–H groups in total. The minimum absolute atomic E-state index is 0.491. The van der Waals surface area contributed by atoms with E-state index in [1.165, 1.54) is 24.9 Å². The first-order chi connectivity index (χ1) is 9.45. The van der Waals surface area contributed by atoms with Gasteiger partial charge in [-0.1, -0.05) is 13.8 Å². The second kappa shape index (κ2) is 6.77. The second-order valence-corrected chi connectivity index (χ2v) is 6.82. The van der Waals surface area contributed by atoms with Gasteiger partial charge in [0.25, 0.3) is 0 Å². The number of aryl methyl sites for hydroxylation is 1. The van der Waals surface area contributed by atoms with Crippen molar-refractivity contribution in [3.05, 3.63) is 23.2 Å². The standard InChI is InChI=1S/C17H30N2O/c1-12(2)18-9-17-14(5)8-16(20-17)11-19(13(3)4)10-15-6-7-15/h8,12-13,15,18H,6-7,9-11H2,1-5H3. The van der Waals surface area contributed by atoms with Crippen LogP contribution in [0.1, 0.15) is 57.6 Å². The van der Waals surface area contributed by atoms with Crippen LogP contribution in [0.5, 0.6) is 0 Å². The van der Waals surface area contributed by atoms with Crippen molar-refractivity contribution in [2.24, 2.45) is 5.92 Å². The van der Waals surface area contributed by atoms with E-state index in [1.807, 2.05) is 0 Å². The second-order valence-electron chi connectivity index (χ2n) is 6.82. The molecule has 0 unspecified atom stereocenters. The van der Waals surface area contributed by atoms with E-state index in [4.69, 9.17) is 4.42 Å². The smallest absolute Gasteiger partial charge is 0.120 e. The fraction of sp³-hybridized carbons (Fsp3) is 0.765. The summed E-state index contributed by atoms with van der Waals surface area (Å²) in [4.78, 5) is 2.54. The predicted molar refractivity (Wildman–Crippen MR) is 83.7 cm³/mol. The Kier molecular flexibility index (Phi) is 5.28. The molecule has 1 aromatic heterocycles. The van der Waals surface area contributed by atoms with Crippen LogP contribution < -0.4 is 5.32 Å². The first-order valence-electron chi connectivity index (χ1n) is 8.01. The van der Waals surface area contributed by atoms with E-state index >= 15 is 0 Å². The predicted octanol–water partition coefficient (Wildman–Crippen LogP) is 3.71. The third kappa shape index (κ3) is 4.64. The van der Waals surface area contributed by atoms with Crippen molar-refractivity contribution in [3.8, 4) is 0 Å². The molecule has 0 aromatic carbocycles. The summed E-state index contributed by atoms with van der Waals surface area (Å²) in [7, 11) is 0. The summed E-state index contributed by atoms with van der Waals surface area (Å²) >= 11 is 0. The van der Waals surface area contributed by atoms with Gasteiger partial charge in [-0.25, -0.2) is 0 Å². The number of hydrogen-bond donors (Lipinski definition) is 1. The van der Waals surface area contributed by atoms with Crippen LogP contribution in [0, 0.1) is 12.8 Å². The molecule has 0 aliphatic heterocycles. The van der Waals surface area contributed by atoms with Gasteiger partial charge in [-0.2, -0.15) is 0 Å². The third-order valence-electron chi connectivity index (χ3n) is 4.02. The molecule has 20 heavy (non-hydrogen) atoms. The largest absolute Gasteiger partial charge is 0.463 e. The highest BCUT2D eigenvalue weighted by molar-refractivity contribution is 5.20. The molecule has 0 amide bonds. The van der Waals surface area contributed by atoms with Crippen LogP contribution in [0.3, 0.4) is 0 Å². The summed E-state index contributed by atoms with van der Waals surface area (Å²) in [6, 6.07) is 3.28. The van der Waals surface area contributed by atoms with Gasteiger partial charge in [0, 0.05) is 18.6 Å². The Morgan fingerprint density at radius 1 is 1.30 bits per heavy atom. The maximum Gasteiger partial charge on any atom is 0.120 e. The Bertz CT molecular complexity index is 419. The Labute approximate surface area is 123 Å². The highest BCUT2D eigenvalue weighted by Crippen LogP contribution is 2.31. The van der Waals surface area contributed by atoms with Gasteiger partial charge in [-0.05, 0) is 51.2 Å². The highest BCUT2D eigenvalue weighted by Gasteiger charge is 2.26. The van der Waals surface area contributed by atoms with Gasteiger partial charge >= 0.3 is 0 Å². The fourth-order valence-corrected chi connectivity index (χ4v) is 2.43. The number of rotatable bonds is 8. The lowest BCUT2D eigenvalue weighted by Gasteiger charge is -2.25. The molecule has 0 spiro atoms. The average Bonchev–Trinajstić information content (AvgIpc) is 3.10. The Hall–Kier alpha value is -0.800. The lowest BCUT2D eigenvalue weighted by Crippen LogP contribution is -2.32. The summed E-state index contributed by atoms with van der Waals surface area (Å²) in [5.74, 6) is 3.12. The van der Waals surface area contributed by atoms with Crippen LogP contribution in [0.25, 0.3) is 0 Å². The Morgan fingerprint density at radius 2 is 2.00 bits per heavy atom. The first-order valence-corrected chi connectivity index (χ1v) is 8.01. The quantitative estimate of drug-likeness (QED) is 0.786. The van der Waals surface area contributed by atoms with Gasteiger partial charge < -0.3 is 9.73 Å². The molecule has 1 aliphatic carbocycles. The van der Waals surface area contributed by atoms with Crippen LogP contribution in [-0.2, 0) is 13.1 Å². The molecule has 1 fully saturated rings. The van der Waals surface area contributed by atoms with Crippen molar-refractivity contribution in [1.82, 2.24) is 10.2 Å². The van der Waals surface area contributed by atoms with Crippen molar-refractivity contribution in [2.75, 3.05) is 6.54 Å². The molecule has 1 heterocycles. The van der Waals surface area contributed by atoms with Gasteiger partial charge in [0.2, 0.25) is 0 Å². The molecular formula is C17H30N2O. The van der Waals surface area contributed by atoms with E-state index < -0.39 is 0 Å². The van der Waals surface area contributed by atoms with Gasteiger partial charge in [0.05, 0.1) is 13.1 Å². The lowest BCUT2D eigenvalue weighted by molar-refractivity contribution is 0.186. The third-order valence-corrected chi connectivity index (χ3v) is 4.02. The summed E-state index contributed by atoms with van der Waals surface area (Å²) < 4.78 is 6.04. The van der Waals surface area contributed by atoms with Crippen molar-refractivity contribution < 1.29 is 4.42 Å². The molecule has 114 valence electrons.